The summed E-state index contributed by atoms with van der Waals surface area (Å²) in [6, 6.07) is 7.63. The van der Waals surface area contributed by atoms with Gasteiger partial charge in [-0.05, 0) is 33.2 Å². The summed E-state index contributed by atoms with van der Waals surface area (Å²) in [5, 5.41) is 10.4. The molecule has 180 valence electrons. The second kappa shape index (κ2) is 13.0. The average Bonchev–Trinajstić information content (AvgIpc) is 2.73. The fourth-order valence-electron chi connectivity index (χ4n) is 2.90. The molecule has 1 aliphatic rings. The van der Waals surface area contributed by atoms with Crippen LogP contribution in [0.3, 0.4) is 0 Å². The maximum atomic E-state index is 12.9. The molecule has 0 spiro atoms. The van der Waals surface area contributed by atoms with Gasteiger partial charge in [0, 0.05) is 57.8 Å². The van der Waals surface area contributed by atoms with Gasteiger partial charge in [0.2, 0.25) is 5.91 Å². The monoisotopic (exact) mass is 460 g/mol. The van der Waals surface area contributed by atoms with Crippen LogP contribution in [0, 0.1) is 6.92 Å². The van der Waals surface area contributed by atoms with Crippen molar-refractivity contribution in [2.24, 2.45) is 0 Å². The first kappa shape index (κ1) is 27.4. The first-order chi connectivity index (χ1) is 14.9. The molecule has 1 aromatic carbocycles. The highest BCUT2D eigenvalue weighted by molar-refractivity contribution is 5.94. The summed E-state index contributed by atoms with van der Waals surface area (Å²) in [5.41, 5.74) is 1.75. The van der Waals surface area contributed by atoms with Crippen LogP contribution in [-0.2, 0) is 9.59 Å². The molecular weight excluding hydrogens is 429 g/mol. The number of carboxylic acids is 1. The Morgan fingerprint density at radius 3 is 2.19 bits per heavy atom. The first-order valence-electron chi connectivity index (χ1n) is 10.2. The number of piperazine rings is 1. The van der Waals surface area contributed by atoms with E-state index >= 15 is 0 Å². The van der Waals surface area contributed by atoms with E-state index in [1.165, 1.54) is 0 Å². The van der Waals surface area contributed by atoms with Gasteiger partial charge in [-0.2, -0.15) is 13.2 Å². The predicted molar refractivity (Wildman–Crippen MR) is 113 cm³/mol. The summed E-state index contributed by atoms with van der Waals surface area (Å²) < 4.78 is 31.7. The molecule has 0 radical (unpaired) electrons. The van der Waals surface area contributed by atoms with Gasteiger partial charge < -0.3 is 25.1 Å². The minimum Gasteiger partial charge on any atom is -0.475 e. The number of carbonyl (C=O) groups is 3. The molecule has 2 N–H and O–H groups in total. The summed E-state index contributed by atoms with van der Waals surface area (Å²) in [7, 11) is 3.97. The maximum absolute atomic E-state index is 12.9. The number of carbonyl (C=O) groups excluding carboxylic acids is 2. The first-order valence-corrected chi connectivity index (χ1v) is 10.2. The van der Waals surface area contributed by atoms with Crippen molar-refractivity contribution >= 4 is 17.8 Å². The summed E-state index contributed by atoms with van der Waals surface area (Å²) in [4.78, 5) is 39.9. The molecule has 0 saturated carbocycles. The molecule has 0 aliphatic carbocycles. The number of carboxylic acid groups (broad SMARTS) is 1. The van der Waals surface area contributed by atoms with Crippen molar-refractivity contribution in [2.75, 3.05) is 59.9 Å². The summed E-state index contributed by atoms with van der Waals surface area (Å²) in [6.07, 6.45) is -4.70. The Balaban J connectivity index is 0.000000633. The molecule has 1 aliphatic heterocycles. The van der Waals surface area contributed by atoms with E-state index in [0.717, 1.165) is 38.3 Å². The highest BCUT2D eigenvalue weighted by atomic mass is 19.4. The molecule has 8 nitrogen and oxygen atoms in total. The maximum Gasteiger partial charge on any atom is 0.490 e. The van der Waals surface area contributed by atoms with E-state index in [9.17, 15) is 22.8 Å². The number of aryl methyl sites for hydroxylation is 1. The van der Waals surface area contributed by atoms with Crippen LogP contribution >= 0.6 is 0 Å². The fourth-order valence-corrected chi connectivity index (χ4v) is 2.90. The van der Waals surface area contributed by atoms with Gasteiger partial charge in [0.1, 0.15) is 0 Å². The van der Waals surface area contributed by atoms with Crippen molar-refractivity contribution in [3.63, 3.8) is 0 Å². The van der Waals surface area contributed by atoms with Gasteiger partial charge in [0.05, 0.1) is 0 Å². The summed E-state index contributed by atoms with van der Waals surface area (Å²) >= 11 is 0. The Labute approximate surface area is 186 Å². The molecule has 11 heteroatoms. The molecule has 2 rings (SSSR count). The van der Waals surface area contributed by atoms with Gasteiger partial charge in [0.15, 0.2) is 0 Å². The van der Waals surface area contributed by atoms with E-state index in [4.69, 9.17) is 9.90 Å². The molecule has 32 heavy (non-hydrogen) atoms. The Hall–Kier alpha value is -2.66. The minimum absolute atomic E-state index is 0.00124. The van der Waals surface area contributed by atoms with Crippen molar-refractivity contribution in [1.82, 2.24) is 20.0 Å². The van der Waals surface area contributed by atoms with Crippen molar-refractivity contribution < 1.29 is 32.7 Å². The molecular formula is C21H31F3N4O4. The minimum atomic E-state index is -5.08. The Bertz CT molecular complexity index is 766. The van der Waals surface area contributed by atoms with Gasteiger partial charge in [-0.15, -0.1) is 0 Å². The van der Waals surface area contributed by atoms with Gasteiger partial charge >= 0.3 is 12.1 Å². The van der Waals surface area contributed by atoms with Crippen LogP contribution in [0.4, 0.5) is 13.2 Å². The smallest absolute Gasteiger partial charge is 0.475 e. The third-order valence-electron chi connectivity index (χ3n) is 4.68. The Morgan fingerprint density at radius 1 is 1.09 bits per heavy atom. The van der Waals surface area contributed by atoms with E-state index < -0.39 is 12.1 Å². The molecule has 1 heterocycles. The molecule has 1 saturated heterocycles. The third kappa shape index (κ3) is 10.1. The zero-order valence-corrected chi connectivity index (χ0v) is 18.6. The molecule has 0 bridgehead atoms. The zero-order valence-electron chi connectivity index (χ0n) is 18.6. The van der Waals surface area contributed by atoms with Crippen molar-refractivity contribution in [3.05, 3.63) is 35.4 Å². The lowest BCUT2D eigenvalue weighted by Crippen LogP contribution is -2.47. The normalized spacial score (nSPS) is 13.9. The number of nitrogens with one attached hydrogen (secondary N) is 1. The lowest BCUT2D eigenvalue weighted by atomic mass is 10.1. The highest BCUT2D eigenvalue weighted by Crippen LogP contribution is 2.13. The zero-order chi connectivity index (χ0) is 24.3. The number of nitrogens with zero attached hydrogens (tertiary/aromatic N) is 3. The second-order valence-electron chi connectivity index (χ2n) is 7.65. The van der Waals surface area contributed by atoms with Crippen LogP contribution in [0.1, 0.15) is 22.3 Å². The van der Waals surface area contributed by atoms with Gasteiger partial charge in [0.25, 0.3) is 5.91 Å². The lowest BCUT2D eigenvalue weighted by Gasteiger charge is -2.29. The average molecular weight is 460 g/mol. The number of benzene rings is 1. The Kier molecular flexibility index (Phi) is 11.1. The van der Waals surface area contributed by atoms with Crippen molar-refractivity contribution in [1.29, 1.82) is 0 Å². The predicted octanol–water partition coefficient (Wildman–Crippen LogP) is 1.45. The van der Waals surface area contributed by atoms with Crippen LogP contribution in [0.5, 0.6) is 0 Å². The largest absolute Gasteiger partial charge is 0.490 e. The standard InChI is InChI=1S/C19H30N4O2.C2HF3O2/c1-16-5-4-6-17(15-16)19(25)23(14-13-21(2)3)10-7-18(24)22-11-8-20-9-12-22;3-2(4,5)1(6)7/h4-6,15,20H,7-14H2,1-3H3;(H,6,7). The topological polar surface area (TPSA) is 93.2 Å². The molecule has 0 aromatic heterocycles. The number of amides is 2. The number of halogens is 3. The molecule has 2 amide bonds. The Morgan fingerprint density at radius 2 is 1.69 bits per heavy atom. The quantitative estimate of drug-likeness (QED) is 0.640. The number of alkyl halides is 3. The number of hydrogen-bond acceptors (Lipinski definition) is 5. The number of likely N-dealkylation sites (N-methyl/N-ethyl adjacent to an activating group) is 1. The summed E-state index contributed by atoms with van der Waals surface area (Å²) in [6.45, 7) is 7.04. The van der Waals surface area contributed by atoms with E-state index in [2.05, 4.69) is 10.2 Å². The highest BCUT2D eigenvalue weighted by Gasteiger charge is 2.38. The SMILES string of the molecule is Cc1cccc(C(=O)N(CCC(=O)N2CCNCC2)CCN(C)C)c1.O=C(O)C(F)(F)F. The van der Waals surface area contributed by atoms with Crippen LogP contribution in [0.15, 0.2) is 24.3 Å². The number of hydrogen-bond donors (Lipinski definition) is 2. The number of aliphatic carboxylic acids is 1. The van der Waals surface area contributed by atoms with E-state index in [1.54, 1.807) is 4.90 Å². The van der Waals surface area contributed by atoms with Crippen LogP contribution < -0.4 is 5.32 Å². The van der Waals surface area contributed by atoms with Crippen molar-refractivity contribution in [2.45, 2.75) is 19.5 Å². The summed E-state index contributed by atoms with van der Waals surface area (Å²) in [5.74, 6) is -2.63. The fraction of sp³-hybridized carbons (Fsp3) is 0.571. The molecule has 1 aromatic rings. The lowest BCUT2D eigenvalue weighted by molar-refractivity contribution is -0.192. The van der Waals surface area contributed by atoms with E-state index in [1.807, 2.05) is 50.2 Å². The van der Waals surface area contributed by atoms with Gasteiger partial charge in [-0.25, -0.2) is 4.79 Å². The molecule has 0 unspecified atom stereocenters. The molecule has 0 atom stereocenters. The van der Waals surface area contributed by atoms with Crippen LogP contribution in [0.25, 0.3) is 0 Å². The van der Waals surface area contributed by atoms with Crippen molar-refractivity contribution in [3.8, 4) is 0 Å². The van der Waals surface area contributed by atoms with E-state index in [-0.39, 0.29) is 11.8 Å². The van der Waals surface area contributed by atoms with Gasteiger partial charge in [-0.1, -0.05) is 17.7 Å². The second-order valence-corrected chi connectivity index (χ2v) is 7.65. The van der Waals surface area contributed by atoms with Crippen LogP contribution in [0.2, 0.25) is 0 Å². The van der Waals surface area contributed by atoms with Crippen LogP contribution in [-0.4, -0.2) is 104 Å². The molecule has 1 fully saturated rings. The van der Waals surface area contributed by atoms with Gasteiger partial charge in [-0.3, -0.25) is 9.59 Å². The van der Waals surface area contributed by atoms with E-state index in [0.29, 0.717) is 25.1 Å². The third-order valence-corrected chi connectivity index (χ3v) is 4.68. The number of rotatable bonds is 7.